The molecule has 1 aliphatic heterocycles. The molecule has 2 unspecified atom stereocenters. The van der Waals surface area contributed by atoms with Gasteiger partial charge in [0.2, 0.25) is 5.91 Å². The van der Waals surface area contributed by atoms with E-state index in [2.05, 4.69) is 5.10 Å². The molecule has 1 amide bonds. The average molecular weight is 366 g/mol. The summed E-state index contributed by atoms with van der Waals surface area (Å²) in [5.74, 6) is -0.615. The molecule has 4 rings (SSSR count). The zero-order valence-electron chi connectivity index (χ0n) is 15.0. The number of benzene rings is 2. The van der Waals surface area contributed by atoms with Crippen LogP contribution in [0, 0.1) is 17.6 Å². The molecule has 1 heterocycles. The van der Waals surface area contributed by atoms with Crippen molar-refractivity contribution in [2.45, 2.75) is 32.2 Å². The topological polar surface area (TPSA) is 32.7 Å². The van der Waals surface area contributed by atoms with Gasteiger partial charge in [-0.2, -0.15) is 5.10 Å². The Hall–Kier alpha value is -2.82. The Morgan fingerprint density at radius 2 is 1.70 bits per heavy atom. The number of fused-ring (bicyclic) bond motifs is 1. The Balaban J connectivity index is 1.72. The van der Waals surface area contributed by atoms with Crippen molar-refractivity contribution in [3.05, 3.63) is 76.9 Å². The van der Waals surface area contributed by atoms with E-state index in [1.54, 1.807) is 24.3 Å². The van der Waals surface area contributed by atoms with Gasteiger partial charge >= 0.3 is 0 Å². The van der Waals surface area contributed by atoms with Crippen molar-refractivity contribution in [1.29, 1.82) is 0 Å². The number of amides is 1. The first-order valence-corrected chi connectivity index (χ1v) is 9.13. The number of allylic oxidation sites excluding steroid dienone is 1. The predicted octanol–water partition coefficient (Wildman–Crippen LogP) is 5.11. The Morgan fingerprint density at radius 1 is 1.07 bits per heavy atom. The largest absolute Gasteiger partial charge is 0.273 e. The molecule has 2 aliphatic rings. The summed E-state index contributed by atoms with van der Waals surface area (Å²) in [6, 6.07) is 12.4. The van der Waals surface area contributed by atoms with Gasteiger partial charge in [-0.3, -0.25) is 4.79 Å². The molecular weight excluding hydrogens is 346 g/mol. The smallest absolute Gasteiger partial charge is 0.240 e. The van der Waals surface area contributed by atoms with Gasteiger partial charge in [-0.05, 0) is 66.3 Å². The standard InChI is InChI=1S/C22H20F2N2O/c1-14(27)26-22(16-7-11-19(24)12-8-16)20-4-2-3-17(21(20)25-26)13-15-5-9-18(23)10-6-15/h5-13,20,22H,2-4H2,1H3. The van der Waals surface area contributed by atoms with Crippen molar-refractivity contribution in [1.82, 2.24) is 5.01 Å². The van der Waals surface area contributed by atoms with E-state index in [0.717, 1.165) is 41.7 Å². The lowest BCUT2D eigenvalue weighted by Gasteiger charge is -2.29. The first-order valence-electron chi connectivity index (χ1n) is 9.13. The van der Waals surface area contributed by atoms with Crippen molar-refractivity contribution < 1.29 is 13.6 Å². The summed E-state index contributed by atoms with van der Waals surface area (Å²) in [5, 5.41) is 6.17. The number of rotatable bonds is 2. The van der Waals surface area contributed by atoms with E-state index in [9.17, 15) is 13.6 Å². The summed E-state index contributed by atoms with van der Waals surface area (Å²) in [4.78, 5) is 12.2. The van der Waals surface area contributed by atoms with E-state index in [1.165, 1.54) is 36.2 Å². The normalized spacial score (nSPS) is 23.3. The van der Waals surface area contributed by atoms with Crippen LogP contribution in [0.1, 0.15) is 43.4 Å². The van der Waals surface area contributed by atoms with Gasteiger partial charge in [0.15, 0.2) is 0 Å². The first kappa shape index (κ1) is 17.6. The second kappa shape index (κ2) is 7.06. The Kier molecular flexibility index (Phi) is 4.60. The van der Waals surface area contributed by atoms with Gasteiger partial charge in [0.05, 0.1) is 11.8 Å². The molecule has 1 fully saturated rings. The van der Waals surface area contributed by atoms with Crippen molar-refractivity contribution >= 4 is 17.7 Å². The highest BCUT2D eigenvalue weighted by molar-refractivity contribution is 6.08. The van der Waals surface area contributed by atoms with Crippen LogP contribution in [0.5, 0.6) is 0 Å². The number of carbonyl (C=O) groups is 1. The summed E-state index contributed by atoms with van der Waals surface area (Å²) in [6.45, 7) is 1.50. The van der Waals surface area contributed by atoms with Crippen LogP contribution in [0.4, 0.5) is 8.78 Å². The predicted molar refractivity (Wildman–Crippen MR) is 101 cm³/mol. The van der Waals surface area contributed by atoms with Gasteiger partial charge in [-0.25, -0.2) is 13.8 Å². The molecule has 5 heteroatoms. The summed E-state index contributed by atoms with van der Waals surface area (Å²) < 4.78 is 26.5. The molecule has 138 valence electrons. The third kappa shape index (κ3) is 3.42. The Bertz CT molecular complexity index is 916. The van der Waals surface area contributed by atoms with Gasteiger partial charge < -0.3 is 0 Å². The van der Waals surface area contributed by atoms with Crippen LogP contribution in [0.2, 0.25) is 0 Å². The van der Waals surface area contributed by atoms with E-state index < -0.39 is 0 Å². The van der Waals surface area contributed by atoms with E-state index in [1.807, 2.05) is 6.08 Å². The molecule has 0 aromatic heterocycles. The van der Waals surface area contributed by atoms with Gasteiger partial charge in [-0.15, -0.1) is 0 Å². The lowest BCUT2D eigenvalue weighted by Crippen LogP contribution is -2.30. The molecule has 1 saturated carbocycles. The van der Waals surface area contributed by atoms with Crippen molar-refractivity contribution in [2.75, 3.05) is 0 Å². The van der Waals surface area contributed by atoms with Crippen LogP contribution in [0.25, 0.3) is 6.08 Å². The number of halogens is 2. The van der Waals surface area contributed by atoms with Gasteiger partial charge in [-0.1, -0.05) is 24.3 Å². The number of hydrazone groups is 1. The zero-order valence-corrected chi connectivity index (χ0v) is 15.0. The highest BCUT2D eigenvalue weighted by atomic mass is 19.1. The second-order valence-electron chi connectivity index (χ2n) is 7.07. The van der Waals surface area contributed by atoms with Crippen molar-refractivity contribution in [2.24, 2.45) is 11.0 Å². The molecule has 1 aliphatic carbocycles. The molecule has 0 N–H and O–H groups in total. The maximum absolute atomic E-state index is 13.4. The van der Waals surface area contributed by atoms with E-state index in [0.29, 0.717) is 0 Å². The second-order valence-corrected chi connectivity index (χ2v) is 7.07. The summed E-state index contributed by atoms with van der Waals surface area (Å²) in [7, 11) is 0. The van der Waals surface area contributed by atoms with Crippen molar-refractivity contribution in [3.63, 3.8) is 0 Å². The Labute approximate surface area is 157 Å². The molecule has 2 atom stereocenters. The maximum atomic E-state index is 13.4. The van der Waals surface area contributed by atoms with Crippen LogP contribution < -0.4 is 0 Å². The minimum absolute atomic E-state index is 0.0832. The number of hydrogen-bond acceptors (Lipinski definition) is 2. The zero-order chi connectivity index (χ0) is 19.0. The van der Waals surface area contributed by atoms with Gasteiger partial charge in [0.1, 0.15) is 11.6 Å². The molecule has 3 nitrogen and oxygen atoms in total. The first-order chi connectivity index (χ1) is 13.0. The van der Waals surface area contributed by atoms with Gasteiger partial charge in [0, 0.05) is 12.8 Å². The van der Waals surface area contributed by atoms with Crippen LogP contribution in [0.3, 0.4) is 0 Å². The fourth-order valence-electron chi connectivity index (χ4n) is 4.02. The number of carbonyl (C=O) groups excluding carboxylic acids is 1. The van der Waals surface area contributed by atoms with Crippen LogP contribution in [-0.4, -0.2) is 16.6 Å². The molecule has 0 spiro atoms. The van der Waals surface area contributed by atoms with Crippen LogP contribution >= 0.6 is 0 Å². The van der Waals surface area contributed by atoms with E-state index in [4.69, 9.17) is 0 Å². The average Bonchev–Trinajstić information content (AvgIpc) is 3.05. The third-order valence-electron chi connectivity index (χ3n) is 5.25. The highest BCUT2D eigenvalue weighted by Gasteiger charge is 2.42. The fourth-order valence-corrected chi connectivity index (χ4v) is 4.02. The molecule has 2 aromatic carbocycles. The number of nitrogens with zero attached hydrogens (tertiary/aromatic N) is 2. The lowest BCUT2D eigenvalue weighted by atomic mass is 9.77. The summed E-state index contributed by atoms with van der Waals surface area (Å²) >= 11 is 0. The fraction of sp³-hybridized carbons (Fsp3) is 0.273. The van der Waals surface area contributed by atoms with E-state index in [-0.39, 0.29) is 29.5 Å². The Morgan fingerprint density at radius 3 is 2.33 bits per heavy atom. The lowest BCUT2D eigenvalue weighted by molar-refractivity contribution is -0.131. The van der Waals surface area contributed by atoms with Crippen molar-refractivity contribution in [3.8, 4) is 0 Å². The molecule has 0 saturated heterocycles. The minimum atomic E-state index is -0.298. The number of hydrogen-bond donors (Lipinski definition) is 0. The molecule has 0 bridgehead atoms. The summed E-state index contributed by atoms with van der Waals surface area (Å²) in [5.41, 5.74) is 3.79. The molecule has 0 radical (unpaired) electrons. The summed E-state index contributed by atoms with van der Waals surface area (Å²) in [6.07, 6.45) is 4.80. The van der Waals surface area contributed by atoms with Crippen LogP contribution in [-0.2, 0) is 4.79 Å². The SMILES string of the molecule is CC(=O)N1N=C2C(=Cc3ccc(F)cc3)CCCC2C1c1ccc(F)cc1. The highest BCUT2D eigenvalue weighted by Crippen LogP contribution is 2.44. The van der Waals surface area contributed by atoms with Crippen LogP contribution in [0.15, 0.2) is 59.2 Å². The van der Waals surface area contributed by atoms with Gasteiger partial charge in [0.25, 0.3) is 0 Å². The van der Waals surface area contributed by atoms with E-state index >= 15 is 0 Å². The third-order valence-corrected chi connectivity index (χ3v) is 5.25. The molecule has 27 heavy (non-hydrogen) atoms. The maximum Gasteiger partial charge on any atom is 0.240 e. The minimum Gasteiger partial charge on any atom is -0.273 e. The monoisotopic (exact) mass is 366 g/mol. The molecule has 2 aromatic rings. The molecular formula is C22H20F2N2O. The quantitative estimate of drug-likeness (QED) is 0.727.